The normalized spacial score (nSPS) is 31.5. The van der Waals surface area contributed by atoms with Gasteiger partial charge in [-0.3, -0.25) is 0 Å². The Kier molecular flexibility index (Phi) is 5.73. The number of benzene rings is 1. The van der Waals surface area contributed by atoms with Crippen molar-refractivity contribution in [3.63, 3.8) is 0 Å². The Labute approximate surface area is 128 Å². The first-order valence-corrected chi connectivity index (χ1v) is 7.08. The first-order valence-electron chi connectivity index (χ1n) is 7.08. The SMILES string of the molecule is CCOC(=O)OC[C@H]1O[C@@H](c2ccccc2)[C@H](O)[C@@H](O)[C@@H]1O. The van der Waals surface area contributed by atoms with E-state index < -0.39 is 36.7 Å². The number of carbonyl (C=O) groups is 1. The summed E-state index contributed by atoms with van der Waals surface area (Å²) in [5, 5.41) is 30.0. The number of hydrogen-bond donors (Lipinski definition) is 3. The van der Waals surface area contributed by atoms with Crippen molar-refractivity contribution in [3.8, 4) is 0 Å². The second kappa shape index (κ2) is 7.55. The van der Waals surface area contributed by atoms with E-state index in [1.807, 2.05) is 6.07 Å². The summed E-state index contributed by atoms with van der Waals surface area (Å²) < 4.78 is 15.0. The molecule has 1 aliphatic heterocycles. The molecule has 0 unspecified atom stereocenters. The van der Waals surface area contributed by atoms with E-state index in [-0.39, 0.29) is 13.2 Å². The van der Waals surface area contributed by atoms with E-state index in [0.29, 0.717) is 5.56 Å². The van der Waals surface area contributed by atoms with E-state index >= 15 is 0 Å². The predicted molar refractivity (Wildman–Crippen MR) is 75.1 cm³/mol. The second-order valence-corrected chi connectivity index (χ2v) is 4.97. The van der Waals surface area contributed by atoms with Gasteiger partial charge in [-0.2, -0.15) is 0 Å². The van der Waals surface area contributed by atoms with E-state index in [1.165, 1.54) is 0 Å². The largest absolute Gasteiger partial charge is 0.508 e. The number of hydrogen-bond acceptors (Lipinski definition) is 7. The average molecular weight is 312 g/mol. The van der Waals surface area contributed by atoms with E-state index in [2.05, 4.69) is 4.74 Å². The fourth-order valence-electron chi connectivity index (χ4n) is 2.32. The minimum atomic E-state index is -1.41. The van der Waals surface area contributed by atoms with Gasteiger partial charge in [-0.1, -0.05) is 30.3 Å². The van der Waals surface area contributed by atoms with Crippen LogP contribution >= 0.6 is 0 Å². The average Bonchev–Trinajstić information content (AvgIpc) is 2.53. The number of ether oxygens (including phenoxy) is 3. The molecule has 5 atom stereocenters. The molecule has 0 bridgehead atoms. The summed E-state index contributed by atoms with van der Waals surface area (Å²) >= 11 is 0. The molecule has 1 aromatic carbocycles. The lowest BCUT2D eigenvalue weighted by atomic mass is 9.91. The summed E-state index contributed by atoms with van der Waals surface area (Å²) in [5.74, 6) is 0. The highest BCUT2D eigenvalue weighted by Gasteiger charge is 2.44. The van der Waals surface area contributed by atoms with E-state index in [9.17, 15) is 20.1 Å². The van der Waals surface area contributed by atoms with Crippen LogP contribution in [-0.2, 0) is 14.2 Å². The Morgan fingerprint density at radius 1 is 1.09 bits per heavy atom. The molecule has 1 fully saturated rings. The zero-order valence-corrected chi connectivity index (χ0v) is 12.2. The fourth-order valence-corrected chi connectivity index (χ4v) is 2.32. The van der Waals surface area contributed by atoms with Crippen LogP contribution in [0.15, 0.2) is 30.3 Å². The molecule has 22 heavy (non-hydrogen) atoms. The van der Waals surface area contributed by atoms with Crippen molar-refractivity contribution in [2.24, 2.45) is 0 Å². The van der Waals surface area contributed by atoms with E-state index in [0.717, 1.165) is 0 Å². The van der Waals surface area contributed by atoms with Gasteiger partial charge in [0.1, 0.15) is 37.1 Å². The molecular formula is C15H20O7. The maximum Gasteiger partial charge on any atom is 0.508 e. The molecule has 0 spiro atoms. The van der Waals surface area contributed by atoms with Crippen LogP contribution in [0.5, 0.6) is 0 Å². The molecule has 1 aliphatic rings. The Balaban J connectivity index is 2.06. The van der Waals surface area contributed by atoms with Crippen LogP contribution in [0, 0.1) is 0 Å². The van der Waals surface area contributed by atoms with Gasteiger partial charge in [0.05, 0.1) is 6.61 Å². The molecule has 0 saturated carbocycles. The standard InChI is InChI=1S/C15H20O7/c1-2-20-15(19)21-8-10-11(16)12(17)13(18)14(22-10)9-6-4-3-5-7-9/h3-7,10-14,16-18H,2,8H2,1H3/t10-,11-,12+,13-,14+/m1/s1. The third-order valence-electron chi connectivity index (χ3n) is 3.47. The number of carbonyl (C=O) groups excluding carboxylic acids is 1. The maximum absolute atomic E-state index is 11.2. The summed E-state index contributed by atoms with van der Waals surface area (Å²) in [7, 11) is 0. The highest BCUT2D eigenvalue weighted by molar-refractivity contribution is 5.59. The van der Waals surface area contributed by atoms with Crippen LogP contribution < -0.4 is 0 Å². The lowest BCUT2D eigenvalue weighted by molar-refractivity contribution is -0.232. The molecular weight excluding hydrogens is 292 g/mol. The third kappa shape index (κ3) is 3.75. The molecule has 3 N–H and O–H groups in total. The minimum Gasteiger partial charge on any atom is -0.435 e. The lowest BCUT2D eigenvalue weighted by Gasteiger charge is -2.40. The van der Waals surface area contributed by atoms with Gasteiger partial charge in [-0.05, 0) is 12.5 Å². The van der Waals surface area contributed by atoms with Gasteiger partial charge < -0.3 is 29.5 Å². The van der Waals surface area contributed by atoms with Crippen molar-refractivity contribution in [1.82, 2.24) is 0 Å². The van der Waals surface area contributed by atoms with Crippen molar-refractivity contribution < 1.29 is 34.3 Å². The Morgan fingerprint density at radius 2 is 1.77 bits per heavy atom. The Hall–Kier alpha value is -1.67. The zero-order chi connectivity index (χ0) is 16.1. The summed E-state index contributed by atoms with van der Waals surface area (Å²) in [6.45, 7) is 1.52. The van der Waals surface area contributed by atoms with Gasteiger partial charge in [-0.15, -0.1) is 0 Å². The van der Waals surface area contributed by atoms with Gasteiger partial charge in [0.15, 0.2) is 0 Å². The molecule has 0 radical (unpaired) electrons. The van der Waals surface area contributed by atoms with Crippen LogP contribution in [0.1, 0.15) is 18.6 Å². The van der Waals surface area contributed by atoms with Crippen molar-refractivity contribution in [2.45, 2.75) is 37.4 Å². The Morgan fingerprint density at radius 3 is 2.41 bits per heavy atom. The maximum atomic E-state index is 11.2. The minimum absolute atomic E-state index is 0.168. The molecule has 1 saturated heterocycles. The predicted octanol–water partition coefficient (Wildman–Crippen LogP) is 0.382. The molecule has 7 nitrogen and oxygen atoms in total. The lowest BCUT2D eigenvalue weighted by Crippen LogP contribution is -2.55. The van der Waals surface area contributed by atoms with Crippen LogP contribution in [-0.4, -0.2) is 59.1 Å². The van der Waals surface area contributed by atoms with Gasteiger partial charge in [0.25, 0.3) is 0 Å². The molecule has 122 valence electrons. The molecule has 0 aliphatic carbocycles. The number of rotatable bonds is 4. The molecule has 7 heteroatoms. The zero-order valence-electron chi connectivity index (χ0n) is 12.2. The smallest absolute Gasteiger partial charge is 0.435 e. The molecule has 1 aromatic rings. The quantitative estimate of drug-likeness (QED) is 0.690. The molecule has 0 aromatic heterocycles. The van der Waals surface area contributed by atoms with Gasteiger partial charge >= 0.3 is 6.16 Å². The highest BCUT2D eigenvalue weighted by Crippen LogP contribution is 2.32. The Bertz CT molecular complexity index is 478. The third-order valence-corrected chi connectivity index (χ3v) is 3.47. The summed E-state index contributed by atoms with van der Waals surface area (Å²) in [6.07, 6.45) is -6.73. The summed E-state index contributed by atoms with van der Waals surface area (Å²) in [5.41, 5.74) is 0.655. The van der Waals surface area contributed by atoms with Crippen molar-refractivity contribution in [3.05, 3.63) is 35.9 Å². The van der Waals surface area contributed by atoms with Crippen molar-refractivity contribution in [2.75, 3.05) is 13.2 Å². The van der Waals surface area contributed by atoms with Gasteiger partial charge in [-0.25, -0.2) is 4.79 Å². The molecule has 1 heterocycles. The van der Waals surface area contributed by atoms with E-state index in [1.54, 1.807) is 31.2 Å². The topological polar surface area (TPSA) is 105 Å². The van der Waals surface area contributed by atoms with Crippen molar-refractivity contribution >= 4 is 6.16 Å². The number of aliphatic hydroxyl groups is 3. The van der Waals surface area contributed by atoms with Crippen LogP contribution in [0.4, 0.5) is 4.79 Å². The highest BCUT2D eigenvalue weighted by atomic mass is 16.7. The first kappa shape index (κ1) is 16.7. The van der Waals surface area contributed by atoms with Crippen LogP contribution in [0.3, 0.4) is 0 Å². The van der Waals surface area contributed by atoms with Crippen LogP contribution in [0.2, 0.25) is 0 Å². The van der Waals surface area contributed by atoms with Gasteiger partial charge in [0, 0.05) is 0 Å². The molecule has 0 amide bonds. The fraction of sp³-hybridized carbons (Fsp3) is 0.533. The second-order valence-electron chi connectivity index (χ2n) is 4.97. The summed E-state index contributed by atoms with van der Waals surface area (Å²) in [6, 6.07) is 8.83. The first-order chi connectivity index (χ1) is 10.5. The van der Waals surface area contributed by atoms with Crippen LogP contribution in [0.25, 0.3) is 0 Å². The van der Waals surface area contributed by atoms with Crippen molar-refractivity contribution in [1.29, 1.82) is 0 Å². The number of aliphatic hydroxyl groups excluding tert-OH is 3. The summed E-state index contributed by atoms with van der Waals surface area (Å²) in [4.78, 5) is 11.2. The monoisotopic (exact) mass is 312 g/mol. The van der Waals surface area contributed by atoms with E-state index in [4.69, 9.17) is 9.47 Å². The molecule has 2 rings (SSSR count). The van der Waals surface area contributed by atoms with Gasteiger partial charge in [0.2, 0.25) is 0 Å².